The number of fused-ring (bicyclic) bond motifs is 1. The highest BCUT2D eigenvalue weighted by atomic mass is 35.5. The van der Waals surface area contributed by atoms with Crippen LogP contribution in [0.15, 0.2) is 35.1 Å². The van der Waals surface area contributed by atoms with Crippen LogP contribution < -0.4 is 15.5 Å². The van der Waals surface area contributed by atoms with Crippen molar-refractivity contribution in [1.82, 2.24) is 4.98 Å². The zero-order valence-electron chi connectivity index (χ0n) is 13.7. The van der Waals surface area contributed by atoms with Crippen molar-refractivity contribution >= 4 is 51.4 Å². The van der Waals surface area contributed by atoms with Crippen molar-refractivity contribution in [2.75, 3.05) is 12.4 Å². The summed E-state index contributed by atoms with van der Waals surface area (Å²) >= 11 is 11.8. The maximum Gasteiger partial charge on any atom is 0.206 e. The number of aromatic amines is 1. The van der Waals surface area contributed by atoms with E-state index in [1.165, 1.54) is 14.0 Å². The van der Waals surface area contributed by atoms with Gasteiger partial charge in [-0.05, 0) is 37.3 Å². The average molecular weight is 395 g/mol. The molecule has 3 rings (SSSR count). The predicted molar refractivity (Wildman–Crippen MR) is 101 cm³/mol. The van der Waals surface area contributed by atoms with Gasteiger partial charge >= 0.3 is 0 Å². The number of carbonyl (C=O) groups is 1. The van der Waals surface area contributed by atoms with E-state index >= 15 is 0 Å². The molecule has 0 radical (unpaired) electrons. The van der Waals surface area contributed by atoms with Gasteiger partial charge in [-0.3, -0.25) is 9.59 Å². The van der Waals surface area contributed by atoms with Gasteiger partial charge in [-0.25, -0.2) is 4.39 Å². The number of ether oxygens (including phenoxy) is 1. The van der Waals surface area contributed by atoms with E-state index in [1.54, 1.807) is 24.3 Å². The lowest BCUT2D eigenvalue weighted by Crippen LogP contribution is -2.19. The molecule has 1 heterocycles. The average Bonchev–Trinajstić information content (AvgIpc) is 2.58. The number of aromatic nitrogens is 1. The minimum Gasteiger partial charge on any atom is -0.494 e. The molecule has 0 spiro atoms. The normalized spacial score (nSPS) is 10.8. The molecule has 0 aliphatic rings. The largest absolute Gasteiger partial charge is 0.494 e. The maximum absolute atomic E-state index is 14.4. The fraction of sp³-hybridized carbons (Fsp3) is 0.111. The number of Topliss-reactive ketones (excluding diaryl/α,β-unsaturated/α-hetero) is 1. The van der Waals surface area contributed by atoms with Crippen molar-refractivity contribution in [2.45, 2.75) is 6.92 Å². The smallest absolute Gasteiger partial charge is 0.206 e. The van der Waals surface area contributed by atoms with Gasteiger partial charge in [0, 0.05) is 10.7 Å². The molecule has 8 heteroatoms. The zero-order valence-corrected chi connectivity index (χ0v) is 15.3. The quantitative estimate of drug-likeness (QED) is 0.615. The molecular weight excluding hydrogens is 382 g/mol. The second kappa shape index (κ2) is 6.97. The molecule has 1 aromatic heterocycles. The third kappa shape index (κ3) is 3.13. The minimum atomic E-state index is -0.739. The third-order valence-electron chi connectivity index (χ3n) is 3.81. The number of anilines is 2. The van der Waals surface area contributed by atoms with Crippen LogP contribution in [0.3, 0.4) is 0 Å². The van der Waals surface area contributed by atoms with Crippen LogP contribution in [0, 0.1) is 5.82 Å². The van der Waals surface area contributed by atoms with Crippen molar-refractivity contribution in [2.24, 2.45) is 0 Å². The molecule has 0 fully saturated rings. The Morgan fingerprint density at radius 1 is 1.23 bits per heavy atom. The number of ketones is 1. The highest BCUT2D eigenvalue weighted by Gasteiger charge is 2.22. The first-order valence-electron chi connectivity index (χ1n) is 7.49. The summed E-state index contributed by atoms with van der Waals surface area (Å²) in [5.41, 5.74) is -0.390. The van der Waals surface area contributed by atoms with Crippen molar-refractivity contribution in [3.8, 4) is 5.75 Å². The van der Waals surface area contributed by atoms with Gasteiger partial charge < -0.3 is 15.0 Å². The van der Waals surface area contributed by atoms with Gasteiger partial charge in [0.15, 0.2) is 11.5 Å². The van der Waals surface area contributed by atoms with Crippen LogP contribution in [0.2, 0.25) is 10.0 Å². The Balaban J connectivity index is 2.33. The third-order valence-corrected chi connectivity index (χ3v) is 4.34. The van der Waals surface area contributed by atoms with Crippen LogP contribution in [0.1, 0.15) is 17.3 Å². The molecule has 26 heavy (non-hydrogen) atoms. The summed E-state index contributed by atoms with van der Waals surface area (Å²) in [5, 5.41) is 3.27. The van der Waals surface area contributed by atoms with Gasteiger partial charge in [0.25, 0.3) is 0 Å². The summed E-state index contributed by atoms with van der Waals surface area (Å²) in [7, 11) is 1.31. The van der Waals surface area contributed by atoms with E-state index in [0.29, 0.717) is 10.7 Å². The molecule has 0 amide bonds. The SMILES string of the molecule is COc1c(Cl)cc(F)c2[nH]c(Nc3ccc(Cl)cc3)c(C(C)=O)c(=O)c12. The number of H-pyrrole nitrogens is 1. The standard InChI is InChI=1S/C18H13Cl2FN2O3/c1-8(24)13-16(25)14-15(12(21)7-11(20)17(14)26-2)23-18(13)22-10-5-3-9(19)4-6-10/h3-7H,1-2H3,(H2,22,23,25). The number of hydrogen-bond donors (Lipinski definition) is 2. The highest BCUT2D eigenvalue weighted by molar-refractivity contribution is 6.33. The molecule has 0 aliphatic heterocycles. The number of halogens is 3. The van der Waals surface area contributed by atoms with E-state index in [9.17, 15) is 14.0 Å². The number of carbonyl (C=O) groups excluding carboxylic acids is 1. The molecule has 0 unspecified atom stereocenters. The Kier molecular flexibility index (Phi) is 4.89. The van der Waals surface area contributed by atoms with E-state index in [0.717, 1.165) is 6.07 Å². The van der Waals surface area contributed by atoms with Gasteiger partial charge in [-0.2, -0.15) is 0 Å². The van der Waals surface area contributed by atoms with Gasteiger partial charge in [-0.1, -0.05) is 23.2 Å². The van der Waals surface area contributed by atoms with E-state index in [1.807, 2.05) is 0 Å². The van der Waals surface area contributed by atoms with E-state index < -0.39 is 17.0 Å². The van der Waals surface area contributed by atoms with Gasteiger partial charge in [0.2, 0.25) is 5.43 Å². The van der Waals surface area contributed by atoms with Gasteiger partial charge in [-0.15, -0.1) is 0 Å². The lowest BCUT2D eigenvalue weighted by atomic mass is 10.1. The van der Waals surface area contributed by atoms with Crippen LogP contribution in [0.5, 0.6) is 5.75 Å². The zero-order chi connectivity index (χ0) is 19.0. The second-order valence-corrected chi connectivity index (χ2v) is 6.36. The van der Waals surface area contributed by atoms with Crippen LogP contribution in [-0.4, -0.2) is 17.9 Å². The molecular formula is C18H13Cl2FN2O3. The van der Waals surface area contributed by atoms with Crippen molar-refractivity contribution in [1.29, 1.82) is 0 Å². The van der Waals surface area contributed by atoms with Crippen LogP contribution in [0.25, 0.3) is 10.9 Å². The van der Waals surface area contributed by atoms with Gasteiger partial charge in [0.1, 0.15) is 17.2 Å². The first-order valence-corrected chi connectivity index (χ1v) is 8.24. The highest BCUT2D eigenvalue weighted by Crippen LogP contribution is 2.34. The van der Waals surface area contributed by atoms with Crippen molar-refractivity contribution in [3.63, 3.8) is 0 Å². The molecule has 2 N–H and O–H groups in total. The second-order valence-electron chi connectivity index (χ2n) is 5.52. The van der Waals surface area contributed by atoms with Crippen LogP contribution >= 0.6 is 23.2 Å². The molecule has 0 atom stereocenters. The molecule has 0 aliphatic carbocycles. The number of benzene rings is 2. The number of nitrogens with one attached hydrogen (secondary N) is 2. The molecule has 5 nitrogen and oxygen atoms in total. The number of hydrogen-bond acceptors (Lipinski definition) is 4. The van der Waals surface area contributed by atoms with Gasteiger partial charge in [0.05, 0.1) is 23.0 Å². The Hall–Kier alpha value is -2.57. The van der Waals surface area contributed by atoms with Crippen molar-refractivity contribution < 1.29 is 13.9 Å². The fourth-order valence-electron chi connectivity index (χ4n) is 2.67. The molecule has 0 bridgehead atoms. The topological polar surface area (TPSA) is 71.2 Å². The summed E-state index contributed by atoms with van der Waals surface area (Å²) in [6.45, 7) is 1.25. The molecule has 3 aromatic rings. The summed E-state index contributed by atoms with van der Waals surface area (Å²) in [4.78, 5) is 27.8. The first kappa shape index (κ1) is 18.2. The monoisotopic (exact) mass is 394 g/mol. The summed E-state index contributed by atoms with van der Waals surface area (Å²) < 4.78 is 19.5. The number of methoxy groups -OCH3 is 1. The lowest BCUT2D eigenvalue weighted by Gasteiger charge is -2.14. The molecule has 0 saturated heterocycles. The van der Waals surface area contributed by atoms with E-state index in [-0.39, 0.29) is 33.1 Å². The van der Waals surface area contributed by atoms with Crippen LogP contribution in [-0.2, 0) is 0 Å². The molecule has 134 valence electrons. The summed E-state index contributed by atoms with van der Waals surface area (Å²) in [5.74, 6) is -1.16. The lowest BCUT2D eigenvalue weighted by molar-refractivity contribution is 0.101. The fourth-order valence-corrected chi connectivity index (χ4v) is 3.07. The number of rotatable bonds is 4. The Morgan fingerprint density at radius 2 is 1.88 bits per heavy atom. The Labute approximate surface area is 157 Å². The van der Waals surface area contributed by atoms with Crippen LogP contribution in [0.4, 0.5) is 15.9 Å². The Morgan fingerprint density at radius 3 is 2.46 bits per heavy atom. The van der Waals surface area contributed by atoms with Crippen molar-refractivity contribution in [3.05, 3.63) is 62.0 Å². The van der Waals surface area contributed by atoms with E-state index in [2.05, 4.69) is 10.3 Å². The number of pyridine rings is 1. The molecule has 0 saturated carbocycles. The molecule has 2 aromatic carbocycles. The predicted octanol–water partition coefficient (Wildman–Crippen LogP) is 4.93. The summed E-state index contributed by atoms with van der Waals surface area (Å²) in [6.07, 6.45) is 0. The van der Waals surface area contributed by atoms with E-state index in [4.69, 9.17) is 27.9 Å². The first-order chi connectivity index (χ1) is 12.3. The maximum atomic E-state index is 14.4. The minimum absolute atomic E-state index is 0.00450. The summed E-state index contributed by atoms with van der Waals surface area (Å²) in [6, 6.07) is 7.64. The Bertz CT molecular complexity index is 1080.